The van der Waals surface area contributed by atoms with Crippen molar-refractivity contribution in [1.29, 1.82) is 0 Å². The number of imide groups is 1. The number of hydrogen-bond donors (Lipinski definition) is 0. The van der Waals surface area contributed by atoms with Gasteiger partial charge in [0.2, 0.25) is 11.8 Å². The second kappa shape index (κ2) is 8.13. The van der Waals surface area contributed by atoms with E-state index in [-0.39, 0.29) is 25.0 Å². The van der Waals surface area contributed by atoms with Gasteiger partial charge in [-0.3, -0.25) is 19.3 Å². The normalized spacial score (nSPS) is 20.4. The molecule has 2 atom stereocenters. The van der Waals surface area contributed by atoms with Gasteiger partial charge in [0.1, 0.15) is 23.3 Å². The molecule has 2 heterocycles. The van der Waals surface area contributed by atoms with Crippen LogP contribution in [0.3, 0.4) is 0 Å². The number of carbonyl (C=O) groups is 3. The van der Waals surface area contributed by atoms with Gasteiger partial charge in [0.15, 0.2) is 0 Å². The highest BCUT2D eigenvalue weighted by atomic mass is 32.2. The summed E-state index contributed by atoms with van der Waals surface area (Å²) in [5.41, 5.74) is 0.919. The zero-order chi connectivity index (χ0) is 20.4. The van der Waals surface area contributed by atoms with Gasteiger partial charge >= 0.3 is 5.97 Å². The predicted octanol–water partition coefficient (Wildman–Crippen LogP) is 3.48. The van der Waals surface area contributed by atoms with Crippen LogP contribution in [0.1, 0.15) is 12.5 Å². The molecule has 2 unspecified atom stereocenters. The Labute approximate surface area is 172 Å². The molecule has 0 radical (unpaired) electrons. The summed E-state index contributed by atoms with van der Waals surface area (Å²) in [4.78, 5) is 38.7. The van der Waals surface area contributed by atoms with Gasteiger partial charge in [0.05, 0.1) is 12.5 Å². The fourth-order valence-corrected chi connectivity index (χ4v) is 4.66. The molecule has 148 valence electrons. The summed E-state index contributed by atoms with van der Waals surface area (Å²) in [6.07, 6.45) is 1.81. The molecular formula is C22H19NO5S. The molecule has 2 aromatic carbocycles. The third-order valence-corrected chi connectivity index (χ3v) is 6.06. The van der Waals surface area contributed by atoms with Crippen molar-refractivity contribution in [2.75, 3.05) is 13.2 Å². The van der Waals surface area contributed by atoms with Crippen LogP contribution in [-0.4, -0.2) is 41.1 Å². The third kappa shape index (κ3) is 3.91. The monoisotopic (exact) mass is 409 g/mol. The first kappa shape index (κ1) is 19.3. The van der Waals surface area contributed by atoms with Crippen molar-refractivity contribution in [3.05, 3.63) is 66.2 Å². The smallest absolute Gasteiger partial charge is 0.326 e. The van der Waals surface area contributed by atoms with E-state index in [1.807, 2.05) is 60.7 Å². The summed E-state index contributed by atoms with van der Waals surface area (Å²) in [5, 5.41) is -0.521. The molecule has 0 saturated carbocycles. The number of carbonyl (C=O) groups excluding carboxylic acids is 3. The Hall–Kier alpha value is -3.06. The minimum atomic E-state index is -0.572. The van der Waals surface area contributed by atoms with E-state index in [4.69, 9.17) is 9.47 Å². The van der Waals surface area contributed by atoms with Gasteiger partial charge in [-0.05, 0) is 36.8 Å². The van der Waals surface area contributed by atoms with E-state index >= 15 is 0 Å². The van der Waals surface area contributed by atoms with E-state index in [2.05, 4.69) is 0 Å². The Morgan fingerprint density at radius 1 is 1.00 bits per heavy atom. The van der Waals surface area contributed by atoms with Gasteiger partial charge in [-0.1, -0.05) is 36.4 Å². The lowest BCUT2D eigenvalue weighted by molar-refractivity contribution is -0.152. The Kier molecular flexibility index (Phi) is 5.40. The maximum absolute atomic E-state index is 12.6. The number of esters is 1. The highest BCUT2D eigenvalue weighted by Gasteiger charge is 2.51. The van der Waals surface area contributed by atoms with Crippen molar-refractivity contribution in [1.82, 2.24) is 4.90 Å². The van der Waals surface area contributed by atoms with Crippen molar-refractivity contribution in [3.63, 3.8) is 0 Å². The number of ether oxygens (including phenoxy) is 2. The molecule has 29 heavy (non-hydrogen) atoms. The van der Waals surface area contributed by atoms with Crippen LogP contribution < -0.4 is 4.74 Å². The molecule has 1 fully saturated rings. The van der Waals surface area contributed by atoms with Crippen LogP contribution in [0.5, 0.6) is 11.5 Å². The number of fused-ring (bicyclic) bond motifs is 1. The quantitative estimate of drug-likeness (QED) is 0.537. The largest absolute Gasteiger partial charge is 0.465 e. The van der Waals surface area contributed by atoms with Crippen LogP contribution in [-0.2, 0) is 19.1 Å². The van der Waals surface area contributed by atoms with E-state index < -0.39 is 17.1 Å². The first-order chi connectivity index (χ1) is 14.1. The second-order valence-electron chi connectivity index (χ2n) is 6.60. The van der Waals surface area contributed by atoms with Crippen LogP contribution in [0.4, 0.5) is 0 Å². The molecule has 0 N–H and O–H groups in total. The van der Waals surface area contributed by atoms with Crippen LogP contribution in [0.15, 0.2) is 60.7 Å². The number of para-hydroxylation sites is 1. The van der Waals surface area contributed by atoms with E-state index in [0.717, 1.165) is 21.1 Å². The van der Waals surface area contributed by atoms with Gasteiger partial charge in [0, 0.05) is 4.91 Å². The second-order valence-corrected chi connectivity index (χ2v) is 7.79. The molecule has 0 bridgehead atoms. The van der Waals surface area contributed by atoms with Gasteiger partial charge < -0.3 is 9.47 Å². The lowest BCUT2D eigenvalue weighted by Gasteiger charge is -2.14. The SMILES string of the molecule is CCOC(=O)CN1C(=O)C2C=C(c3ccc(Oc4ccccc4)cc3)SC2C1=O. The Morgan fingerprint density at radius 3 is 2.34 bits per heavy atom. The minimum absolute atomic E-state index is 0.213. The Morgan fingerprint density at radius 2 is 1.69 bits per heavy atom. The minimum Gasteiger partial charge on any atom is -0.465 e. The molecule has 6 nitrogen and oxygen atoms in total. The van der Waals surface area contributed by atoms with E-state index in [1.54, 1.807) is 6.92 Å². The zero-order valence-electron chi connectivity index (χ0n) is 15.7. The fourth-order valence-electron chi connectivity index (χ4n) is 3.31. The summed E-state index contributed by atoms with van der Waals surface area (Å²) >= 11 is 1.36. The number of hydrogen-bond acceptors (Lipinski definition) is 6. The molecule has 0 spiro atoms. The highest BCUT2D eigenvalue weighted by Crippen LogP contribution is 2.47. The summed E-state index contributed by atoms with van der Waals surface area (Å²) < 4.78 is 10.6. The first-order valence-corrected chi connectivity index (χ1v) is 10.2. The number of likely N-dealkylation sites (tertiary alicyclic amines) is 1. The standard InChI is InChI=1S/C22H19NO5S/c1-2-27-19(24)13-23-21(25)17-12-18(29-20(17)22(23)26)14-8-10-16(11-9-14)28-15-6-4-3-5-7-15/h3-12,17,20H,2,13H2,1H3. The predicted molar refractivity (Wildman–Crippen MR) is 109 cm³/mol. The number of nitrogens with zero attached hydrogens (tertiary/aromatic N) is 1. The molecule has 2 amide bonds. The van der Waals surface area contributed by atoms with Crippen LogP contribution in [0.2, 0.25) is 0 Å². The number of rotatable bonds is 6. The average Bonchev–Trinajstić information content (AvgIpc) is 3.25. The maximum Gasteiger partial charge on any atom is 0.326 e. The molecule has 2 aromatic rings. The topological polar surface area (TPSA) is 72.9 Å². The van der Waals surface area contributed by atoms with Gasteiger partial charge in [0.25, 0.3) is 0 Å². The lowest BCUT2D eigenvalue weighted by Crippen LogP contribution is -2.37. The molecule has 0 aromatic heterocycles. The van der Waals surface area contributed by atoms with Gasteiger partial charge in [-0.15, -0.1) is 11.8 Å². The molecule has 1 saturated heterocycles. The van der Waals surface area contributed by atoms with E-state index in [0.29, 0.717) is 5.75 Å². The molecular weight excluding hydrogens is 390 g/mol. The average molecular weight is 409 g/mol. The molecule has 0 aliphatic carbocycles. The summed E-state index contributed by atoms with van der Waals surface area (Å²) in [7, 11) is 0. The highest BCUT2D eigenvalue weighted by molar-refractivity contribution is 8.09. The summed E-state index contributed by atoms with van der Waals surface area (Å²) in [6, 6.07) is 17.0. The van der Waals surface area contributed by atoms with E-state index in [9.17, 15) is 14.4 Å². The Balaban J connectivity index is 1.45. The van der Waals surface area contributed by atoms with Gasteiger partial charge in [-0.2, -0.15) is 0 Å². The number of thioether (sulfide) groups is 1. The number of amides is 2. The Bertz CT molecular complexity index is 970. The molecule has 2 aliphatic heterocycles. The zero-order valence-corrected chi connectivity index (χ0v) is 16.6. The van der Waals surface area contributed by atoms with Crippen LogP contribution in [0.25, 0.3) is 4.91 Å². The summed E-state index contributed by atoms with van der Waals surface area (Å²) in [6.45, 7) is 1.57. The fraction of sp³-hybridized carbons (Fsp3) is 0.227. The lowest BCUT2D eigenvalue weighted by atomic mass is 10.1. The van der Waals surface area contributed by atoms with Gasteiger partial charge in [-0.25, -0.2) is 0 Å². The van der Waals surface area contributed by atoms with E-state index in [1.165, 1.54) is 11.8 Å². The van der Waals surface area contributed by atoms with Crippen molar-refractivity contribution in [2.24, 2.45) is 5.92 Å². The molecule has 4 rings (SSSR count). The molecule has 7 heteroatoms. The first-order valence-electron chi connectivity index (χ1n) is 9.29. The van der Waals surface area contributed by atoms with Crippen LogP contribution >= 0.6 is 11.8 Å². The van der Waals surface area contributed by atoms with Crippen molar-refractivity contribution < 1.29 is 23.9 Å². The number of benzene rings is 2. The van der Waals surface area contributed by atoms with Crippen molar-refractivity contribution in [2.45, 2.75) is 12.2 Å². The van der Waals surface area contributed by atoms with Crippen LogP contribution in [0, 0.1) is 5.92 Å². The third-order valence-electron chi connectivity index (χ3n) is 4.68. The van der Waals surface area contributed by atoms with Crippen molar-refractivity contribution >= 4 is 34.5 Å². The van der Waals surface area contributed by atoms with Crippen molar-refractivity contribution in [3.8, 4) is 11.5 Å². The summed E-state index contributed by atoms with van der Waals surface area (Å²) in [5.74, 6) is -0.346. The molecule has 2 aliphatic rings. The maximum atomic E-state index is 12.6.